The number of carbonyl (C=O) groups excluding carboxylic acids is 1. The lowest BCUT2D eigenvalue weighted by Gasteiger charge is -2.26. The van der Waals surface area contributed by atoms with Crippen LogP contribution >= 0.6 is 0 Å². The lowest BCUT2D eigenvalue weighted by Crippen LogP contribution is -2.37. The second kappa shape index (κ2) is 6.98. The summed E-state index contributed by atoms with van der Waals surface area (Å²) in [5.74, 6) is 0.972. The summed E-state index contributed by atoms with van der Waals surface area (Å²) < 4.78 is 5.74. The predicted molar refractivity (Wildman–Crippen MR) is 77.6 cm³/mol. The maximum Gasteiger partial charge on any atom is 0.175 e. The Balaban J connectivity index is 1.77. The summed E-state index contributed by atoms with van der Waals surface area (Å²) >= 11 is 0. The number of para-hydroxylation sites is 2. The van der Waals surface area contributed by atoms with Gasteiger partial charge in [0, 0.05) is 6.42 Å². The van der Waals surface area contributed by atoms with Gasteiger partial charge in [-0.1, -0.05) is 24.6 Å². The average Bonchev–Trinajstić information content (AvgIpc) is 2.46. The molecule has 1 N–H and O–H groups in total. The van der Waals surface area contributed by atoms with Gasteiger partial charge in [0.25, 0.3) is 0 Å². The van der Waals surface area contributed by atoms with Gasteiger partial charge in [0.05, 0.1) is 12.2 Å². The number of carbonyl (C=O) groups is 1. The van der Waals surface area contributed by atoms with Crippen molar-refractivity contribution in [1.82, 2.24) is 0 Å². The number of rotatable bonds is 7. The van der Waals surface area contributed by atoms with Gasteiger partial charge in [-0.3, -0.25) is 4.79 Å². The number of hydrogen-bond acceptors (Lipinski definition) is 3. The molecule has 3 heteroatoms. The van der Waals surface area contributed by atoms with Crippen molar-refractivity contribution in [2.75, 3.05) is 11.9 Å². The summed E-state index contributed by atoms with van der Waals surface area (Å²) in [5, 5.41) is 3.25. The van der Waals surface area contributed by atoms with Gasteiger partial charge in [0.15, 0.2) is 11.9 Å². The number of allylic oxidation sites excluding steroid dienone is 1. The first-order valence-electron chi connectivity index (χ1n) is 6.94. The van der Waals surface area contributed by atoms with Gasteiger partial charge in [-0.2, -0.15) is 0 Å². The second-order valence-electron chi connectivity index (χ2n) is 4.84. The van der Waals surface area contributed by atoms with Crippen LogP contribution in [0.2, 0.25) is 0 Å². The molecule has 0 aromatic heterocycles. The van der Waals surface area contributed by atoms with Crippen LogP contribution in [-0.2, 0) is 4.79 Å². The van der Waals surface area contributed by atoms with Gasteiger partial charge in [-0.05, 0) is 31.4 Å². The van der Waals surface area contributed by atoms with Crippen molar-refractivity contribution in [3.63, 3.8) is 0 Å². The van der Waals surface area contributed by atoms with Crippen LogP contribution in [0.15, 0.2) is 36.9 Å². The Morgan fingerprint density at radius 1 is 1.37 bits per heavy atom. The number of unbranched alkanes of at least 4 members (excludes halogenated alkanes) is 3. The fourth-order valence-corrected chi connectivity index (χ4v) is 2.22. The minimum atomic E-state index is -0.339. The molecule has 102 valence electrons. The number of benzene rings is 1. The van der Waals surface area contributed by atoms with Crippen molar-refractivity contribution < 1.29 is 9.53 Å². The maximum absolute atomic E-state index is 12.1. The first kappa shape index (κ1) is 13.7. The molecular weight excluding hydrogens is 238 g/mol. The molecule has 0 aliphatic carbocycles. The Morgan fingerprint density at radius 3 is 3.05 bits per heavy atom. The van der Waals surface area contributed by atoms with Crippen molar-refractivity contribution in [1.29, 1.82) is 0 Å². The average molecular weight is 259 g/mol. The van der Waals surface area contributed by atoms with Crippen LogP contribution in [0.5, 0.6) is 5.75 Å². The Labute approximate surface area is 114 Å². The first-order chi connectivity index (χ1) is 9.31. The van der Waals surface area contributed by atoms with E-state index in [2.05, 4.69) is 11.9 Å². The smallest absolute Gasteiger partial charge is 0.175 e. The van der Waals surface area contributed by atoms with Crippen LogP contribution in [0, 0.1) is 0 Å². The van der Waals surface area contributed by atoms with E-state index in [0.717, 1.165) is 37.1 Å². The van der Waals surface area contributed by atoms with Crippen molar-refractivity contribution in [2.45, 2.75) is 38.2 Å². The predicted octanol–water partition coefficient (Wildman–Crippen LogP) is 3.57. The van der Waals surface area contributed by atoms with Crippen molar-refractivity contribution in [3.8, 4) is 5.75 Å². The number of hydrogen-bond donors (Lipinski definition) is 1. The third-order valence-corrected chi connectivity index (χ3v) is 3.32. The third kappa shape index (κ3) is 3.85. The number of ketones is 1. The van der Waals surface area contributed by atoms with Crippen molar-refractivity contribution >= 4 is 11.5 Å². The molecule has 0 bridgehead atoms. The zero-order valence-corrected chi connectivity index (χ0v) is 11.2. The normalized spacial score (nSPS) is 16.9. The zero-order valence-electron chi connectivity index (χ0n) is 11.2. The van der Waals surface area contributed by atoms with E-state index in [1.54, 1.807) is 0 Å². The van der Waals surface area contributed by atoms with E-state index in [9.17, 15) is 4.79 Å². The number of anilines is 1. The number of fused-ring (bicyclic) bond motifs is 1. The molecule has 2 rings (SSSR count). The van der Waals surface area contributed by atoms with Crippen LogP contribution in [0.3, 0.4) is 0 Å². The molecule has 1 heterocycles. The lowest BCUT2D eigenvalue weighted by atomic mass is 10.1. The van der Waals surface area contributed by atoms with E-state index in [1.807, 2.05) is 30.3 Å². The van der Waals surface area contributed by atoms with Gasteiger partial charge < -0.3 is 10.1 Å². The molecule has 1 atom stereocenters. The van der Waals surface area contributed by atoms with Crippen LogP contribution < -0.4 is 10.1 Å². The molecule has 19 heavy (non-hydrogen) atoms. The molecule has 1 unspecified atom stereocenters. The van der Waals surface area contributed by atoms with Crippen LogP contribution in [-0.4, -0.2) is 18.4 Å². The molecule has 0 fully saturated rings. The molecule has 1 aromatic carbocycles. The van der Waals surface area contributed by atoms with Crippen molar-refractivity contribution in [3.05, 3.63) is 36.9 Å². The monoisotopic (exact) mass is 259 g/mol. The summed E-state index contributed by atoms with van der Waals surface area (Å²) in [4.78, 5) is 12.1. The summed E-state index contributed by atoms with van der Waals surface area (Å²) in [6.07, 6.45) is 6.35. The second-order valence-corrected chi connectivity index (χ2v) is 4.84. The fourth-order valence-electron chi connectivity index (χ4n) is 2.22. The highest BCUT2D eigenvalue weighted by Crippen LogP contribution is 2.28. The highest BCUT2D eigenvalue weighted by Gasteiger charge is 2.24. The Bertz CT molecular complexity index is 442. The SMILES string of the molecule is C=CCCCCCC(=O)C1CNc2ccccc2O1. The van der Waals surface area contributed by atoms with Gasteiger partial charge in [-0.15, -0.1) is 6.58 Å². The van der Waals surface area contributed by atoms with Crippen LogP contribution in [0.25, 0.3) is 0 Å². The number of Topliss-reactive ketones (excluding diaryl/α,β-unsaturated/α-hetero) is 1. The highest BCUT2D eigenvalue weighted by atomic mass is 16.5. The summed E-state index contributed by atoms with van der Waals surface area (Å²) in [6, 6.07) is 7.73. The molecule has 0 saturated carbocycles. The van der Waals surface area contributed by atoms with Crippen LogP contribution in [0.4, 0.5) is 5.69 Å². The molecule has 0 spiro atoms. The molecular formula is C16H21NO2. The van der Waals surface area contributed by atoms with Gasteiger partial charge in [0.2, 0.25) is 0 Å². The van der Waals surface area contributed by atoms with E-state index in [0.29, 0.717) is 13.0 Å². The minimum Gasteiger partial charge on any atom is -0.479 e. The molecule has 0 saturated heterocycles. The quantitative estimate of drug-likeness (QED) is 0.601. The lowest BCUT2D eigenvalue weighted by molar-refractivity contribution is -0.125. The zero-order chi connectivity index (χ0) is 13.5. The molecule has 1 aliphatic heterocycles. The maximum atomic E-state index is 12.1. The van der Waals surface area contributed by atoms with Crippen LogP contribution in [0.1, 0.15) is 32.1 Å². The topological polar surface area (TPSA) is 38.3 Å². The molecule has 0 radical (unpaired) electrons. The largest absolute Gasteiger partial charge is 0.479 e. The van der Waals surface area contributed by atoms with E-state index in [4.69, 9.17) is 4.74 Å². The Morgan fingerprint density at radius 2 is 2.21 bits per heavy atom. The van der Waals surface area contributed by atoms with Gasteiger partial charge >= 0.3 is 0 Å². The third-order valence-electron chi connectivity index (χ3n) is 3.32. The fraction of sp³-hybridized carbons (Fsp3) is 0.438. The highest BCUT2D eigenvalue weighted by molar-refractivity contribution is 5.85. The summed E-state index contributed by atoms with van der Waals surface area (Å²) in [7, 11) is 0. The Hall–Kier alpha value is -1.77. The van der Waals surface area contributed by atoms with Crippen molar-refractivity contribution in [2.24, 2.45) is 0 Å². The van der Waals surface area contributed by atoms with E-state index >= 15 is 0 Å². The molecule has 1 aromatic rings. The van der Waals surface area contributed by atoms with E-state index in [-0.39, 0.29) is 11.9 Å². The summed E-state index contributed by atoms with van der Waals surface area (Å²) in [5.41, 5.74) is 0.970. The first-order valence-corrected chi connectivity index (χ1v) is 6.94. The standard InChI is InChI=1S/C16H21NO2/c1-2-3-4-5-6-10-14(18)16-12-17-13-9-7-8-11-15(13)19-16/h2,7-9,11,16-17H,1,3-6,10,12H2. The molecule has 0 amide bonds. The number of nitrogens with one attached hydrogen (secondary N) is 1. The number of ether oxygens (including phenoxy) is 1. The Kier molecular flexibility index (Phi) is 5.01. The molecule has 3 nitrogen and oxygen atoms in total. The van der Waals surface area contributed by atoms with E-state index in [1.165, 1.54) is 0 Å². The summed E-state index contributed by atoms with van der Waals surface area (Å²) in [6.45, 7) is 4.26. The van der Waals surface area contributed by atoms with Gasteiger partial charge in [0.1, 0.15) is 5.75 Å². The van der Waals surface area contributed by atoms with E-state index < -0.39 is 0 Å². The minimum absolute atomic E-state index is 0.195. The van der Waals surface area contributed by atoms with Gasteiger partial charge in [-0.25, -0.2) is 0 Å². The molecule has 1 aliphatic rings.